The summed E-state index contributed by atoms with van der Waals surface area (Å²) in [5, 5.41) is 0.119. The standard InChI is InChI=1S/C11H13ClF2/c1-8(12)3-2-4-9-5-10(13)7-11(14)6-9/h5-8H,2-4H2,1H3. The molecule has 0 saturated carbocycles. The Morgan fingerprint density at radius 1 is 1.21 bits per heavy atom. The number of alkyl halides is 1. The van der Waals surface area contributed by atoms with E-state index in [9.17, 15) is 8.78 Å². The van der Waals surface area contributed by atoms with Crippen LogP contribution in [-0.2, 0) is 6.42 Å². The second-order valence-electron chi connectivity index (χ2n) is 3.45. The number of rotatable bonds is 4. The van der Waals surface area contributed by atoms with E-state index < -0.39 is 11.6 Å². The molecule has 0 N–H and O–H groups in total. The van der Waals surface area contributed by atoms with Gasteiger partial charge >= 0.3 is 0 Å². The smallest absolute Gasteiger partial charge is 0.126 e. The van der Waals surface area contributed by atoms with E-state index in [0.717, 1.165) is 18.9 Å². The summed E-state index contributed by atoms with van der Waals surface area (Å²) in [6, 6.07) is 3.61. The van der Waals surface area contributed by atoms with Crippen LogP contribution in [0.5, 0.6) is 0 Å². The summed E-state index contributed by atoms with van der Waals surface area (Å²) in [5.41, 5.74) is 0.694. The molecule has 0 saturated heterocycles. The van der Waals surface area contributed by atoms with E-state index in [0.29, 0.717) is 12.0 Å². The topological polar surface area (TPSA) is 0 Å². The zero-order valence-electron chi connectivity index (χ0n) is 8.06. The molecular formula is C11H13ClF2. The summed E-state index contributed by atoms with van der Waals surface area (Å²) in [5.74, 6) is -1.03. The van der Waals surface area contributed by atoms with Gasteiger partial charge in [0, 0.05) is 11.4 Å². The highest BCUT2D eigenvalue weighted by atomic mass is 35.5. The molecule has 0 bridgehead atoms. The maximum atomic E-state index is 12.7. The van der Waals surface area contributed by atoms with E-state index in [4.69, 9.17) is 11.6 Å². The van der Waals surface area contributed by atoms with E-state index in [1.165, 1.54) is 12.1 Å². The fourth-order valence-electron chi connectivity index (χ4n) is 1.34. The van der Waals surface area contributed by atoms with Crippen LogP contribution in [0.4, 0.5) is 8.78 Å². The molecule has 1 aromatic rings. The summed E-state index contributed by atoms with van der Waals surface area (Å²) < 4.78 is 25.5. The van der Waals surface area contributed by atoms with Gasteiger partial charge in [0.2, 0.25) is 0 Å². The van der Waals surface area contributed by atoms with Gasteiger partial charge in [-0.15, -0.1) is 11.6 Å². The van der Waals surface area contributed by atoms with Gasteiger partial charge in [-0.05, 0) is 43.9 Å². The van der Waals surface area contributed by atoms with E-state index in [1.807, 2.05) is 6.92 Å². The van der Waals surface area contributed by atoms with Gasteiger partial charge in [-0.3, -0.25) is 0 Å². The summed E-state index contributed by atoms with van der Waals surface area (Å²) in [7, 11) is 0. The predicted molar refractivity (Wildman–Crippen MR) is 54.6 cm³/mol. The summed E-state index contributed by atoms with van der Waals surface area (Å²) in [6.45, 7) is 1.91. The van der Waals surface area contributed by atoms with Crippen LogP contribution in [0.2, 0.25) is 0 Å². The zero-order valence-corrected chi connectivity index (χ0v) is 8.82. The molecule has 14 heavy (non-hydrogen) atoms. The third-order valence-electron chi connectivity index (χ3n) is 1.99. The largest absolute Gasteiger partial charge is 0.207 e. The van der Waals surface area contributed by atoms with E-state index in [1.54, 1.807) is 0 Å². The fraction of sp³-hybridized carbons (Fsp3) is 0.455. The summed E-state index contributed by atoms with van der Waals surface area (Å²) in [6.07, 6.45) is 2.39. The molecular weight excluding hydrogens is 206 g/mol. The lowest BCUT2D eigenvalue weighted by Gasteiger charge is -2.03. The van der Waals surface area contributed by atoms with Crippen LogP contribution >= 0.6 is 11.6 Å². The lowest BCUT2D eigenvalue weighted by molar-refractivity contribution is 0.577. The summed E-state index contributed by atoms with van der Waals surface area (Å²) in [4.78, 5) is 0. The molecule has 1 unspecified atom stereocenters. The SMILES string of the molecule is CC(Cl)CCCc1cc(F)cc(F)c1. The second kappa shape index (κ2) is 5.30. The molecule has 0 amide bonds. The van der Waals surface area contributed by atoms with Crippen LogP contribution in [0.3, 0.4) is 0 Å². The van der Waals surface area contributed by atoms with Crippen LogP contribution in [0.15, 0.2) is 18.2 Å². The number of halogens is 3. The Kier molecular flexibility index (Phi) is 4.33. The highest BCUT2D eigenvalue weighted by Gasteiger charge is 2.01. The van der Waals surface area contributed by atoms with Crippen molar-refractivity contribution < 1.29 is 8.78 Å². The number of hydrogen-bond acceptors (Lipinski definition) is 0. The first-order chi connectivity index (χ1) is 6.58. The Bertz CT molecular complexity index is 277. The first-order valence-corrected chi connectivity index (χ1v) is 5.10. The minimum absolute atomic E-state index is 0.119. The van der Waals surface area contributed by atoms with E-state index in [2.05, 4.69) is 0 Å². The molecule has 0 aliphatic carbocycles. The number of aryl methyl sites for hydroxylation is 1. The van der Waals surface area contributed by atoms with Crippen LogP contribution < -0.4 is 0 Å². The molecule has 0 radical (unpaired) electrons. The average molecular weight is 219 g/mol. The lowest BCUT2D eigenvalue weighted by atomic mass is 10.1. The Morgan fingerprint density at radius 2 is 1.79 bits per heavy atom. The molecule has 1 rings (SSSR count). The third-order valence-corrected chi connectivity index (χ3v) is 2.21. The highest BCUT2D eigenvalue weighted by molar-refractivity contribution is 6.20. The maximum absolute atomic E-state index is 12.7. The average Bonchev–Trinajstić information content (AvgIpc) is 2.01. The summed E-state index contributed by atoms with van der Waals surface area (Å²) >= 11 is 5.76. The van der Waals surface area contributed by atoms with Crippen molar-refractivity contribution in [3.05, 3.63) is 35.4 Å². The van der Waals surface area contributed by atoms with Gasteiger partial charge in [-0.1, -0.05) is 0 Å². The third kappa shape index (κ3) is 4.05. The molecule has 0 nitrogen and oxygen atoms in total. The van der Waals surface area contributed by atoms with Crippen molar-refractivity contribution in [1.82, 2.24) is 0 Å². The van der Waals surface area contributed by atoms with Gasteiger partial charge in [0.15, 0.2) is 0 Å². The van der Waals surface area contributed by atoms with E-state index >= 15 is 0 Å². The second-order valence-corrected chi connectivity index (χ2v) is 4.20. The normalized spacial score (nSPS) is 12.9. The van der Waals surface area contributed by atoms with Crippen molar-refractivity contribution in [2.75, 3.05) is 0 Å². The highest BCUT2D eigenvalue weighted by Crippen LogP contribution is 2.12. The molecule has 0 aliphatic heterocycles. The molecule has 78 valence electrons. The molecule has 1 aromatic carbocycles. The lowest BCUT2D eigenvalue weighted by Crippen LogP contribution is -1.94. The van der Waals surface area contributed by atoms with Crippen LogP contribution in [0.25, 0.3) is 0 Å². The number of benzene rings is 1. The van der Waals surface area contributed by atoms with Gasteiger partial charge in [-0.25, -0.2) is 8.78 Å². The van der Waals surface area contributed by atoms with Crippen molar-refractivity contribution in [2.45, 2.75) is 31.6 Å². The molecule has 0 aliphatic rings. The maximum Gasteiger partial charge on any atom is 0.126 e. The van der Waals surface area contributed by atoms with Crippen LogP contribution in [0, 0.1) is 11.6 Å². The molecule has 0 spiro atoms. The van der Waals surface area contributed by atoms with Crippen molar-refractivity contribution in [2.24, 2.45) is 0 Å². The van der Waals surface area contributed by atoms with Crippen molar-refractivity contribution in [1.29, 1.82) is 0 Å². The quantitative estimate of drug-likeness (QED) is 0.672. The molecule has 0 aromatic heterocycles. The first-order valence-electron chi connectivity index (χ1n) is 4.67. The minimum Gasteiger partial charge on any atom is -0.207 e. The Hall–Kier alpha value is -0.630. The molecule has 0 heterocycles. The molecule has 3 heteroatoms. The Morgan fingerprint density at radius 3 is 2.29 bits per heavy atom. The minimum atomic E-state index is -0.515. The van der Waals surface area contributed by atoms with Crippen LogP contribution in [-0.4, -0.2) is 5.38 Å². The zero-order chi connectivity index (χ0) is 10.6. The monoisotopic (exact) mass is 218 g/mol. The van der Waals surface area contributed by atoms with E-state index in [-0.39, 0.29) is 5.38 Å². The molecule has 0 fully saturated rings. The first kappa shape index (κ1) is 11.4. The van der Waals surface area contributed by atoms with Crippen molar-refractivity contribution >= 4 is 11.6 Å². The van der Waals surface area contributed by atoms with Gasteiger partial charge in [-0.2, -0.15) is 0 Å². The van der Waals surface area contributed by atoms with Gasteiger partial charge in [0.1, 0.15) is 11.6 Å². The Labute approximate surface area is 87.9 Å². The fourth-order valence-corrected chi connectivity index (χ4v) is 1.50. The predicted octanol–water partition coefficient (Wildman–Crippen LogP) is 3.91. The Balaban J connectivity index is 2.50. The van der Waals surface area contributed by atoms with Crippen molar-refractivity contribution in [3.8, 4) is 0 Å². The van der Waals surface area contributed by atoms with Crippen molar-refractivity contribution in [3.63, 3.8) is 0 Å². The van der Waals surface area contributed by atoms with Crippen LogP contribution in [0.1, 0.15) is 25.3 Å². The number of hydrogen-bond donors (Lipinski definition) is 0. The van der Waals surface area contributed by atoms with Gasteiger partial charge in [0.25, 0.3) is 0 Å². The van der Waals surface area contributed by atoms with Gasteiger partial charge < -0.3 is 0 Å². The van der Waals surface area contributed by atoms with Gasteiger partial charge in [0.05, 0.1) is 0 Å². The molecule has 1 atom stereocenters.